The average molecular weight is 276 g/mol. The van der Waals surface area contributed by atoms with Crippen LogP contribution < -0.4 is 0 Å². The number of fused-ring (bicyclic) bond motifs is 3. The Balaban J connectivity index is 2.04. The minimum Gasteiger partial charge on any atom is -0.153 e. The van der Waals surface area contributed by atoms with E-state index in [2.05, 4.69) is 74.6 Å². The van der Waals surface area contributed by atoms with Crippen LogP contribution in [0.15, 0.2) is 29.8 Å². The summed E-state index contributed by atoms with van der Waals surface area (Å²) in [5.74, 6) is 2.55. The molecule has 1 aliphatic carbocycles. The Morgan fingerprint density at radius 3 is 2.56 bits per heavy atom. The molecule has 3 rings (SSSR count). The van der Waals surface area contributed by atoms with Crippen molar-refractivity contribution in [3.8, 4) is 0 Å². The Labute approximate surface area is 119 Å². The highest BCUT2D eigenvalue weighted by molar-refractivity contribution is 8.04. The summed E-state index contributed by atoms with van der Waals surface area (Å²) in [5, 5.41) is 1.27. The van der Waals surface area contributed by atoms with Gasteiger partial charge in [-0.05, 0) is 22.1 Å². The maximum Gasteiger partial charge on any atom is 0.0526 e. The zero-order valence-electron chi connectivity index (χ0n) is 11.3. The van der Waals surface area contributed by atoms with Gasteiger partial charge in [-0.3, -0.25) is 0 Å². The zero-order valence-corrected chi connectivity index (χ0v) is 12.9. The molecule has 0 nitrogen and oxygen atoms in total. The molecule has 18 heavy (non-hydrogen) atoms. The summed E-state index contributed by atoms with van der Waals surface area (Å²) in [7, 11) is 0. The van der Waals surface area contributed by atoms with Crippen LogP contribution in [0.5, 0.6) is 0 Å². The van der Waals surface area contributed by atoms with E-state index in [1.807, 2.05) is 0 Å². The third kappa shape index (κ3) is 2.14. The summed E-state index contributed by atoms with van der Waals surface area (Å²) in [6.45, 7) is 7.13. The van der Waals surface area contributed by atoms with E-state index in [4.69, 9.17) is 0 Å². The highest BCUT2D eigenvalue weighted by Gasteiger charge is 2.38. The highest BCUT2D eigenvalue weighted by Crippen LogP contribution is 2.53. The van der Waals surface area contributed by atoms with Gasteiger partial charge in [-0.1, -0.05) is 51.1 Å². The van der Waals surface area contributed by atoms with Crippen molar-refractivity contribution in [2.75, 3.05) is 11.5 Å². The van der Waals surface area contributed by atoms with Crippen molar-refractivity contribution >= 4 is 29.6 Å². The van der Waals surface area contributed by atoms with E-state index >= 15 is 0 Å². The molecule has 2 heteroatoms. The molecular weight excluding hydrogens is 256 g/mol. The van der Waals surface area contributed by atoms with E-state index < -0.39 is 0 Å². The molecule has 0 spiro atoms. The minimum atomic E-state index is 0.349. The normalized spacial score (nSPS) is 27.2. The standard InChI is InChI=1S/C16H20S2/c1-16(2,3)15-13-10-11-6-4-5-7-12(11)14(13)17-8-9-18-15/h4-7,10,14-15H,8-9H2,1-3H3/t14-,15-/m1/s1. The summed E-state index contributed by atoms with van der Waals surface area (Å²) < 4.78 is 0. The van der Waals surface area contributed by atoms with E-state index in [1.165, 1.54) is 22.6 Å². The van der Waals surface area contributed by atoms with Crippen molar-refractivity contribution in [3.63, 3.8) is 0 Å². The lowest BCUT2D eigenvalue weighted by Crippen LogP contribution is -2.25. The largest absolute Gasteiger partial charge is 0.153 e. The molecule has 0 radical (unpaired) electrons. The van der Waals surface area contributed by atoms with Gasteiger partial charge in [0.1, 0.15) is 0 Å². The van der Waals surface area contributed by atoms with Crippen molar-refractivity contribution in [1.29, 1.82) is 0 Å². The molecule has 0 saturated carbocycles. The molecule has 1 aromatic carbocycles. The Kier molecular flexibility index (Phi) is 3.27. The highest BCUT2D eigenvalue weighted by atomic mass is 32.2. The number of benzene rings is 1. The first-order valence-electron chi connectivity index (χ1n) is 6.61. The second-order valence-electron chi connectivity index (χ2n) is 6.14. The summed E-state index contributed by atoms with van der Waals surface area (Å²) >= 11 is 4.28. The van der Waals surface area contributed by atoms with Gasteiger partial charge in [0.15, 0.2) is 0 Å². The summed E-state index contributed by atoms with van der Waals surface area (Å²) in [6, 6.07) is 8.92. The molecule has 2 aliphatic rings. The molecule has 1 heterocycles. The average Bonchev–Trinajstić information content (AvgIpc) is 2.52. The maximum absolute atomic E-state index is 2.46. The first kappa shape index (κ1) is 12.7. The molecule has 1 aromatic rings. The SMILES string of the molecule is CC(C)(C)[C@@H]1SCCS[C@H]2C1=Cc1ccccc12. The van der Waals surface area contributed by atoms with Gasteiger partial charge in [-0.2, -0.15) is 11.8 Å². The smallest absolute Gasteiger partial charge is 0.0526 e. The van der Waals surface area contributed by atoms with Crippen LogP contribution in [0, 0.1) is 5.41 Å². The van der Waals surface area contributed by atoms with Gasteiger partial charge in [-0.25, -0.2) is 0 Å². The van der Waals surface area contributed by atoms with Crippen LogP contribution in [0.25, 0.3) is 6.08 Å². The van der Waals surface area contributed by atoms with E-state index in [0.29, 0.717) is 15.9 Å². The lowest BCUT2D eigenvalue weighted by atomic mass is 9.86. The van der Waals surface area contributed by atoms with E-state index in [1.54, 1.807) is 5.57 Å². The summed E-state index contributed by atoms with van der Waals surface area (Å²) in [6.07, 6.45) is 2.46. The van der Waals surface area contributed by atoms with Crippen LogP contribution in [0.2, 0.25) is 0 Å². The molecule has 0 amide bonds. The summed E-state index contributed by atoms with van der Waals surface area (Å²) in [4.78, 5) is 0. The second-order valence-corrected chi connectivity index (χ2v) is 8.57. The van der Waals surface area contributed by atoms with Crippen LogP contribution in [0.3, 0.4) is 0 Å². The Hall–Kier alpha value is -0.340. The lowest BCUT2D eigenvalue weighted by Gasteiger charge is -2.32. The third-order valence-corrected chi connectivity index (χ3v) is 6.96. The molecule has 2 atom stereocenters. The van der Waals surface area contributed by atoms with Crippen LogP contribution in [-0.4, -0.2) is 16.8 Å². The van der Waals surface area contributed by atoms with Crippen molar-refractivity contribution in [2.24, 2.45) is 5.41 Å². The molecule has 1 fully saturated rings. The van der Waals surface area contributed by atoms with Crippen LogP contribution in [0.4, 0.5) is 0 Å². The number of thioether (sulfide) groups is 2. The Morgan fingerprint density at radius 2 is 1.78 bits per heavy atom. The molecule has 0 bridgehead atoms. The van der Waals surface area contributed by atoms with Gasteiger partial charge < -0.3 is 0 Å². The fraction of sp³-hybridized carbons (Fsp3) is 0.500. The first-order chi connectivity index (χ1) is 8.57. The minimum absolute atomic E-state index is 0.349. The second kappa shape index (κ2) is 4.64. The lowest BCUT2D eigenvalue weighted by molar-refractivity contribution is 0.420. The van der Waals surface area contributed by atoms with E-state index in [-0.39, 0.29) is 0 Å². The fourth-order valence-electron chi connectivity index (χ4n) is 2.89. The van der Waals surface area contributed by atoms with Gasteiger partial charge in [0, 0.05) is 16.8 Å². The van der Waals surface area contributed by atoms with Crippen molar-refractivity contribution in [3.05, 3.63) is 41.0 Å². The topological polar surface area (TPSA) is 0 Å². The molecule has 0 N–H and O–H groups in total. The van der Waals surface area contributed by atoms with Gasteiger partial charge in [0.25, 0.3) is 0 Å². The molecule has 0 aromatic heterocycles. The Bertz CT molecular complexity index is 482. The molecule has 1 saturated heterocycles. The van der Waals surface area contributed by atoms with E-state index in [0.717, 1.165) is 0 Å². The quantitative estimate of drug-likeness (QED) is 0.652. The van der Waals surface area contributed by atoms with Crippen LogP contribution in [0.1, 0.15) is 37.1 Å². The van der Waals surface area contributed by atoms with Crippen LogP contribution >= 0.6 is 23.5 Å². The van der Waals surface area contributed by atoms with Gasteiger partial charge in [0.2, 0.25) is 0 Å². The van der Waals surface area contributed by atoms with Crippen molar-refractivity contribution < 1.29 is 0 Å². The number of hydrogen-bond acceptors (Lipinski definition) is 2. The molecular formula is C16H20S2. The first-order valence-corrected chi connectivity index (χ1v) is 8.71. The monoisotopic (exact) mass is 276 g/mol. The predicted octanol–water partition coefficient (Wildman–Crippen LogP) is 5.02. The van der Waals surface area contributed by atoms with Gasteiger partial charge in [0.05, 0.1) is 5.25 Å². The predicted molar refractivity (Wildman–Crippen MR) is 85.3 cm³/mol. The van der Waals surface area contributed by atoms with E-state index in [9.17, 15) is 0 Å². The van der Waals surface area contributed by atoms with Gasteiger partial charge in [-0.15, -0.1) is 11.8 Å². The fourth-order valence-corrected chi connectivity index (χ4v) is 5.91. The summed E-state index contributed by atoms with van der Waals surface area (Å²) in [5.41, 5.74) is 4.98. The molecule has 0 unspecified atom stereocenters. The Morgan fingerprint density at radius 1 is 1.06 bits per heavy atom. The third-order valence-electron chi connectivity index (χ3n) is 3.65. The molecule has 1 aliphatic heterocycles. The van der Waals surface area contributed by atoms with Crippen LogP contribution in [-0.2, 0) is 0 Å². The van der Waals surface area contributed by atoms with Crippen molar-refractivity contribution in [2.45, 2.75) is 31.3 Å². The number of rotatable bonds is 0. The molecule has 96 valence electrons. The van der Waals surface area contributed by atoms with Gasteiger partial charge >= 0.3 is 0 Å². The van der Waals surface area contributed by atoms with Crippen molar-refractivity contribution in [1.82, 2.24) is 0 Å². The number of hydrogen-bond donors (Lipinski definition) is 0. The maximum atomic E-state index is 2.46. The zero-order chi connectivity index (χ0) is 12.8.